The smallest absolute Gasteiger partial charge is 0.243 e. The van der Waals surface area contributed by atoms with Gasteiger partial charge in [0, 0.05) is 37.2 Å². The Morgan fingerprint density at radius 1 is 1.31 bits per heavy atom. The van der Waals surface area contributed by atoms with Crippen molar-refractivity contribution >= 4 is 15.8 Å². The predicted molar refractivity (Wildman–Crippen MR) is 110 cm³/mol. The Kier molecular flexibility index (Phi) is 7.51. The van der Waals surface area contributed by atoms with Gasteiger partial charge in [0.2, 0.25) is 10.0 Å². The zero-order valence-electron chi connectivity index (χ0n) is 16.9. The van der Waals surface area contributed by atoms with Crippen molar-refractivity contribution in [2.24, 2.45) is 0 Å². The van der Waals surface area contributed by atoms with Crippen LogP contribution in [0.1, 0.15) is 27.3 Å². The molecule has 0 N–H and O–H groups in total. The van der Waals surface area contributed by atoms with E-state index in [2.05, 4.69) is 6.58 Å². The molecule has 0 aliphatic carbocycles. The maximum absolute atomic E-state index is 13.1. The maximum Gasteiger partial charge on any atom is 0.243 e. The van der Waals surface area contributed by atoms with Gasteiger partial charge in [0.15, 0.2) is 5.78 Å². The minimum Gasteiger partial charge on any atom is -0.383 e. The van der Waals surface area contributed by atoms with Crippen LogP contribution in [0.2, 0.25) is 0 Å². The van der Waals surface area contributed by atoms with Gasteiger partial charge in [-0.2, -0.15) is 9.57 Å². The van der Waals surface area contributed by atoms with E-state index in [0.717, 1.165) is 15.7 Å². The number of nitriles is 1. The van der Waals surface area contributed by atoms with Gasteiger partial charge < -0.3 is 9.30 Å². The summed E-state index contributed by atoms with van der Waals surface area (Å²) in [4.78, 5) is 13.0. The molecule has 0 aliphatic rings. The molecule has 0 saturated heterocycles. The summed E-state index contributed by atoms with van der Waals surface area (Å²) in [5.74, 6) is -0.290. The molecule has 0 radical (unpaired) electrons. The third-order valence-electron chi connectivity index (χ3n) is 4.67. The van der Waals surface area contributed by atoms with Crippen LogP contribution in [0.3, 0.4) is 0 Å². The minimum absolute atomic E-state index is 0.0255. The van der Waals surface area contributed by atoms with Gasteiger partial charge >= 0.3 is 0 Å². The Morgan fingerprint density at radius 3 is 2.52 bits per heavy atom. The summed E-state index contributed by atoms with van der Waals surface area (Å²) < 4.78 is 34.3. The average Bonchev–Trinajstić information content (AvgIpc) is 2.99. The van der Waals surface area contributed by atoms with Crippen LogP contribution in [0.5, 0.6) is 0 Å². The molecule has 0 fully saturated rings. The van der Waals surface area contributed by atoms with E-state index in [-0.39, 0.29) is 30.4 Å². The Labute approximate surface area is 171 Å². The fourth-order valence-electron chi connectivity index (χ4n) is 3.07. The Hall–Kier alpha value is -2.73. The third-order valence-corrected chi connectivity index (χ3v) is 6.53. The van der Waals surface area contributed by atoms with Gasteiger partial charge in [-0.15, -0.1) is 6.58 Å². The summed E-state index contributed by atoms with van der Waals surface area (Å²) in [6.07, 6.45) is 1.74. The molecule has 29 heavy (non-hydrogen) atoms. The van der Waals surface area contributed by atoms with Gasteiger partial charge in [-0.3, -0.25) is 4.79 Å². The number of Topliss-reactive ketones (excluding diaryl/α,β-unsaturated/α-hetero) is 1. The first-order chi connectivity index (χ1) is 13.8. The van der Waals surface area contributed by atoms with Crippen molar-refractivity contribution in [1.82, 2.24) is 8.87 Å². The fourth-order valence-corrected chi connectivity index (χ4v) is 4.45. The standard InChI is InChI=1S/C21H25N3O4S/c1-5-10-24-16(2)13-20(17(24)3)21(25)15-23(11-12-28-4)29(26,27)19-8-6-18(14-22)7-9-19/h5-9,13H,1,10-12,15H2,2-4H3. The van der Waals surface area contributed by atoms with Gasteiger partial charge in [0.1, 0.15) is 0 Å². The van der Waals surface area contributed by atoms with Crippen LogP contribution in [-0.4, -0.2) is 49.9 Å². The minimum atomic E-state index is -3.93. The number of carbonyl (C=O) groups is 1. The number of sulfonamides is 1. The predicted octanol–water partition coefficient (Wildman–Crippen LogP) is 2.68. The molecule has 0 saturated carbocycles. The average molecular weight is 416 g/mol. The molecule has 0 amide bonds. The zero-order chi connectivity index (χ0) is 21.6. The summed E-state index contributed by atoms with van der Waals surface area (Å²) in [5.41, 5.74) is 2.53. The lowest BCUT2D eigenvalue weighted by atomic mass is 10.1. The number of hydrogen-bond donors (Lipinski definition) is 0. The Morgan fingerprint density at radius 2 is 1.97 bits per heavy atom. The highest BCUT2D eigenvalue weighted by Gasteiger charge is 2.28. The highest BCUT2D eigenvalue weighted by molar-refractivity contribution is 7.89. The van der Waals surface area contributed by atoms with Crippen molar-refractivity contribution in [2.75, 3.05) is 26.8 Å². The summed E-state index contributed by atoms with van der Waals surface area (Å²) in [6.45, 7) is 7.91. The van der Waals surface area contributed by atoms with Crippen molar-refractivity contribution < 1.29 is 17.9 Å². The molecule has 1 aromatic carbocycles. The number of aromatic nitrogens is 1. The summed E-state index contributed by atoms with van der Waals surface area (Å²) in [6, 6.07) is 9.33. The van der Waals surface area contributed by atoms with Crippen LogP contribution >= 0.6 is 0 Å². The molecule has 7 nitrogen and oxygen atoms in total. The van der Waals surface area contributed by atoms with Crippen molar-refractivity contribution in [3.05, 3.63) is 65.5 Å². The molecular formula is C21H25N3O4S. The van der Waals surface area contributed by atoms with E-state index in [1.165, 1.54) is 31.4 Å². The number of ketones is 1. The van der Waals surface area contributed by atoms with E-state index < -0.39 is 10.0 Å². The van der Waals surface area contributed by atoms with Crippen molar-refractivity contribution in [3.8, 4) is 6.07 Å². The van der Waals surface area contributed by atoms with Crippen molar-refractivity contribution in [1.29, 1.82) is 5.26 Å². The number of ether oxygens (including phenoxy) is 1. The number of rotatable bonds is 10. The molecule has 0 unspecified atom stereocenters. The summed E-state index contributed by atoms with van der Waals surface area (Å²) in [5, 5.41) is 8.91. The molecule has 8 heteroatoms. The van der Waals surface area contributed by atoms with E-state index in [0.29, 0.717) is 17.7 Å². The van der Waals surface area contributed by atoms with Crippen LogP contribution in [0, 0.1) is 25.2 Å². The molecular weight excluding hydrogens is 390 g/mol. The molecule has 2 rings (SSSR count). The Bertz CT molecular complexity index is 1030. The van der Waals surface area contributed by atoms with Crippen LogP contribution in [0.4, 0.5) is 0 Å². The van der Waals surface area contributed by atoms with E-state index in [1.54, 1.807) is 12.1 Å². The molecule has 0 bridgehead atoms. The second-order valence-corrected chi connectivity index (χ2v) is 8.51. The van der Waals surface area contributed by atoms with Crippen LogP contribution in [-0.2, 0) is 21.3 Å². The second kappa shape index (κ2) is 9.65. The van der Waals surface area contributed by atoms with Gasteiger partial charge in [-0.05, 0) is 44.2 Å². The topological polar surface area (TPSA) is 92.4 Å². The first-order valence-electron chi connectivity index (χ1n) is 9.06. The van der Waals surface area contributed by atoms with Gasteiger partial charge in [-0.25, -0.2) is 8.42 Å². The van der Waals surface area contributed by atoms with Gasteiger partial charge in [-0.1, -0.05) is 6.08 Å². The van der Waals surface area contributed by atoms with Crippen molar-refractivity contribution in [3.63, 3.8) is 0 Å². The van der Waals surface area contributed by atoms with E-state index in [4.69, 9.17) is 10.00 Å². The van der Waals surface area contributed by atoms with Crippen LogP contribution in [0.25, 0.3) is 0 Å². The number of hydrogen-bond acceptors (Lipinski definition) is 5. The molecule has 1 heterocycles. The van der Waals surface area contributed by atoms with Gasteiger partial charge in [0.25, 0.3) is 0 Å². The number of allylic oxidation sites excluding steroid dienone is 1. The lowest BCUT2D eigenvalue weighted by Gasteiger charge is -2.21. The second-order valence-electron chi connectivity index (χ2n) is 6.57. The number of carbonyl (C=O) groups excluding carboxylic acids is 1. The normalized spacial score (nSPS) is 11.4. The molecule has 154 valence electrons. The molecule has 1 aromatic heterocycles. The first kappa shape index (κ1) is 22.6. The van der Waals surface area contributed by atoms with Crippen molar-refractivity contribution in [2.45, 2.75) is 25.3 Å². The summed E-state index contributed by atoms with van der Waals surface area (Å²) in [7, 11) is -2.46. The molecule has 0 atom stereocenters. The SMILES string of the molecule is C=CCn1c(C)cc(C(=O)CN(CCOC)S(=O)(=O)c2ccc(C#N)cc2)c1C. The Balaban J connectivity index is 2.35. The number of aryl methyl sites for hydroxylation is 1. The lowest BCUT2D eigenvalue weighted by molar-refractivity contribution is 0.0953. The number of benzene rings is 1. The highest BCUT2D eigenvalue weighted by atomic mass is 32.2. The van der Waals surface area contributed by atoms with E-state index in [1.807, 2.05) is 24.5 Å². The zero-order valence-corrected chi connectivity index (χ0v) is 17.7. The molecule has 2 aromatic rings. The molecule has 0 spiro atoms. The number of nitrogens with zero attached hydrogens (tertiary/aromatic N) is 3. The first-order valence-corrected chi connectivity index (χ1v) is 10.5. The largest absolute Gasteiger partial charge is 0.383 e. The molecule has 0 aliphatic heterocycles. The van der Waals surface area contributed by atoms with Crippen LogP contribution < -0.4 is 0 Å². The van der Waals surface area contributed by atoms with Crippen LogP contribution in [0.15, 0.2) is 47.9 Å². The highest BCUT2D eigenvalue weighted by Crippen LogP contribution is 2.20. The quantitative estimate of drug-likeness (QED) is 0.439. The third kappa shape index (κ3) is 5.01. The lowest BCUT2D eigenvalue weighted by Crippen LogP contribution is -2.38. The van der Waals surface area contributed by atoms with E-state index in [9.17, 15) is 13.2 Å². The maximum atomic E-state index is 13.1. The summed E-state index contributed by atoms with van der Waals surface area (Å²) >= 11 is 0. The fraction of sp³-hybridized carbons (Fsp3) is 0.333. The number of methoxy groups -OCH3 is 1. The van der Waals surface area contributed by atoms with Gasteiger partial charge in [0.05, 0.1) is 29.7 Å². The monoisotopic (exact) mass is 415 g/mol. The van der Waals surface area contributed by atoms with E-state index >= 15 is 0 Å².